The van der Waals surface area contributed by atoms with Gasteiger partial charge < -0.3 is 15.4 Å². The quantitative estimate of drug-likeness (QED) is 0.893. The summed E-state index contributed by atoms with van der Waals surface area (Å²) >= 11 is 1.61. The summed E-state index contributed by atoms with van der Waals surface area (Å²) in [4.78, 5) is 25.2. The van der Waals surface area contributed by atoms with Gasteiger partial charge in [0.25, 0.3) is 5.91 Å². The predicted octanol–water partition coefficient (Wildman–Crippen LogP) is 3.69. The predicted molar refractivity (Wildman–Crippen MR) is 96.1 cm³/mol. The minimum absolute atomic E-state index is 0.0286. The number of rotatable bonds is 3. The number of ether oxygens (including phenoxy) is 1. The third-order valence-corrected chi connectivity index (χ3v) is 4.78. The monoisotopic (exact) mass is 342 g/mol. The largest absolute Gasteiger partial charge is 0.495 e. The van der Waals surface area contributed by atoms with Crippen molar-refractivity contribution in [3.8, 4) is 5.75 Å². The zero-order valence-corrected chi connectivity index (χ0v) is 14.3. The molecule has 0 aromatic heterocycles. The van der Waals surface area contributed by atoms with Crippen LogP contribution in [0.1, 0.15) is 22.3 Å². The molecule has 6 heteroatoms. The number of thioether (sulfide) groups is 1. The second-order valence-electron chi connectivity index (χ2n) is 5.52. The maximum atomic E-state index is 12.6. The van der Waals surface area contributed by atoms with Crippen LogP contribution in [-0.2, 0) is 4.79 Å². The normalized spacial score (nSPS) is 13.5. The molecule has 0 saturated heterocycles. The molecule has 24 heavy (non-hydrogen) atoms. The Morgan fingerprint density at radius 1 is 1.25 bits per heavy atom. The van der Waals surface area contributed by atoms with Crippen molar-refractivity contribution in [1.82, 2.24) is 0 Å². The van der Waals surface area contributed by atoms with Crippen molar-refractivity contribution in [2.75, 3.05) is 23.5 Å². The first kappa shape index (κ1) is 16.4. The number of benzene rings is 2. The molecule has 5 nitrogen and oxygen atoms in total. The molecule has 0 bridgehead atoms. The molecular weight excluding hydrogens is 324 g/mol. The van der Waals surface area contributed by atoms with Gasteiger partial charge in [-0.3, -0.25) is 9.59 Å². The molecule has 2 N–H and O–H groups in total. The van der Waals surface area contributed by atoms with Crippen molar-refractivity contribution in [2.24, 2.45) is 0 Å². The lowest BCUT2D eigenvalue weighted by Gasteiger charge is -2.12. The Labute approximate surface area is 144 Å². The molecule has 0 saturated carbocycles. The number of hydrogen-bond donors (Lipinski definition) is 2. The van der Waals surface area contributed by atoms with Crippen LogP contribution in [0.25, 0.3) is 0 Å². The van der Waals surface area contributed by atoms with Crippen LogP contribution in [0.3, 0.4) is 0 Å². The third-order valence-electron chi connectivity index (χ3n) is 3.71. The van der Waals surface area contributed by atoms with Gasteiger partial charge in [-0.2, -0.15) is 0 Å². The lowest BCUT2D eigenvalue weighted by molar-refractivity contribution is -0.115. The average molecular weight is 342 g/mol. The molecule has 0 aliphatic carbocycles. The first-order valence-corrected chi connectivity index (χ1v) is 8.58. The van der Waals surface area contributed by atoms with Gasteiger partial charge in [0.15, 0.2) is 0 Å². The van der Waals surface area contributed by atoms with Gasteiger partial charge in [-0.15, -0.1) is 11.8 Å². The Morgan fingerprint density at radius 2 is 2.08 bits per heavy atom. The highest BCUT2D eigenvalue weighted by atomic mass is 32.2. The van der Waals surface area contributed by atoms with Crippen molar-refractivity contribution in [3.63, 3.8) is 0 Å². The van der Waals surface area contributed by atoms with Gasteiger partial charge in [0.05, 0.1) is 18.5 Å². The molecule has 1 heterocycles. The highest BCUT2D eigenvalue weighted by Gasteiger charge is 2.16. The highest BCUT2D eigenvalue weighted by Crippen LogP contribution is 2.32. The number of methoxy groups -OCH3 is 1. The van der Waals surface area contributed by atoms with Crippen LogP contribution in [0.5, 0.6) is 5.75 Å². The van der Waals surface area contributed by atoms with E-state index in [0.717, 1.165) is 16.2 Å². The minimum Gasteiger partial charge on any atom is -0.495 e. The van der Waals surface area contributed by atoms with Gasteiger partial charge >= 0.3 is 0 Å². The summed E-state index contributed by atoms with van der Waals surface area (Å²) in [6.07, 6.45) is 0.474. The summed E-state index contributed by atoms with van der Waals surface area (Å²) in [7, 11) is 1.56. The summed E-state index contributed by atoms with van der Waals surface area (Å²) < 4.78 is 5.28. The maximum absolute atomic E-state index is 12.6. The fourth-order valence-electron chi connectivity index (χ4n) is 2.48. The maximum Gasteiger partial charge on any atom is 0.255 e. The minimum atomic E-state index is -0.245. The van der Waals surface area contributed by atoms with Crippen molar-refractivity contribution < 1.29 is 14.3 Å². The van der Waals surface area contributed by atoms with Crippen LogP contribution in [0.2, 0.25) is 0 Å². The Hall–Kier alpha value is -2.47. The molecule has 3 rings (SSSR count). The highest BCUT2D eigenvalue weighted by molar-refractivity contribution is 7.99. The van der Waals surface area contributed by atoms with Gasteiger partial charge in [0.1, 0.15) is 5.75 Å². The van der Waals surface area contributed by atoms with E-state index in [1.54, 1.807) is 31.0 Å². The van der Waals surface area contributed by atoms with Crippen LogP contribution in [0.4, 0.5) is 11.4 Å². The van der Waals surface area contributed by atoms with Gasteiger partial charge in [0, 0.05) is 22.6 Å². The zero-order valence-electron chi connectivity index (χ0n) is 13.5. The molecule has 0 spiro atoms. The molecule has 2 aromatic carbocycles. The zero-order chi connectivity index (χ0) is 17.1. The number of aryl methyl sites for hydroxylation is 1. The second kappa shape index (κ2) is 6.97. The van der Waals surface area contributed by atoms with E-state index in [9.17, 15) is 9.59 Å². The van der Waals surface area contributed by atoms with Crippen LogP contribution < -0.4 is 15.4 Å². The van der Waals surface area contributed by atoms with Crippen LogP contribution in [0, 0.1) is 6.92 Å². The molecule has 1 aliphatic heterocycles. The van der Waals surface area contributed by atoms with E-state index in [1.165, 1.54) is 0 Å². The van der Waals surface area contributed by atoms with Crippen molar-refractivity contribution in [1.29, 1.82) is 0 Å². The molecule has 0 fully saturated rings. The van der Waals surface area contributed by atoms with E-state index in [0.29, 0.717) is 29.1 Å². The van der Waals surface area contributed by atoms with E-state index in [4.69, 9.17) is 4.74 Å². The molecular formula is C18H18N2O3S. The average Bonchev–Trinajstić information content (AvgIpc) is 2.74. The Bertz CT molecular complexity index is 805. The Balaban J connectivity index is 1.86. The van der Waals surface area contributed by atoms with Crippen molar-refractivity contribution in [3.05, 3.63) is 47.5 Å². The van der Waals surface area contributed by atoms with E-state index in [2.05, 4.69) is 10.6 Å². The summed E-state index contributed by atoms with van der Waals surface area (Å²) in [5.74, 6) is 1.07. The number of carbonyl (C=O) groups is 2. The van der Waals surface area contributed by atoms with E-state index < -0.39 is 0 Å². The number of hydrogen-bond acceptors (Lipinski definition) is 4. The first-order chi connectivity index (χ1) is 11.6. The second-order valence-corrected chi connectivity index (χ2v) is 6.65. The van der Waals surface area contributed by atoms with Crippen molar-refractivity contribution >= 4 is 35.0 Å². The van der Waals surface area contributed by atoms with Crippen LogP contribution >= 0.6 is 11.8 Å². The lowest BCUT2D eigenvalue weighted by atomic mass is 10.1. The van der Waals surface area contributed by atoms with E-state index in [-0.39, 0.29) is 11.8 Å². The fraction of sp³-hybridized carbons (Fsp3) is 0.222. The van der Waals surface area contributed by atoms with E-state index in [1.807, 2.05) is 31.2 Å². The van der Waals surface area contributed by atoms with Crippen LogP contribution in [-0.4, -0.2) is 24.7 Å². The van der Waals surface area contributed by atoms with Gasteiger partial charge in [-0.25, -0.2) is 0 Å². The molecule has 124 valence electrons. The van der Waals surface area contributed by atoms with E-state index >= 15 is 0 Å². The number of fused-ring (bicyclic) bond motifs is 1. The SMILES string of the molecule is COc1ccc(C)cc1NC(=O)c1ccc2c(c1)NC(=O)CCS2. The topological polar surface area (TPSA) is 67.4 Å². The molecule has 2 amide bonds. The molecule has 0 unspecified atom stereocenters. The fourth-order valence-corrected chi connectivity index (χ4v) is 3.41. The number of carbonyl (C=O) groups excluding carboxylic acids is 2. The molecule has 0 atom stereocenters. The lowest BCUT2D eigenvalue weighted by Crippen LogP contribution is -2.14. The molecule has 1 aliphatic rings. The van der Waals surface area contributed by atoms with Crippen LogP contribution in [0.15, 0.2) is 41.3 Å². The van der Waals surface area contributed by atoms with Gasteiger partial charge in [-0.05, 0) is 42.8 Å². The molecule has 2 aromatic rings. The Morgan fingerprint density at radius 3 is 2.88 bits per heavy atom. The summed E-state index contributed by atoms with van der Waals surface area (Å²) in [5, 5.41) is 5.72. The van der Waals surface area contributed by atoms with Gasteiger partial charge in [-0.1, -0.05) is 6.07 Å². The first-order valence-electron chi connectivity index (χ1n) is 7.59. The summed E-state index contributed by atoms with van der Waals surface area (Å²) in [6.45, 7) is 1.95. The molecule has 0 radical (unpaired) electrons. The standard InChI is InChI=1S/C18H18N2O3S/c1-11-3-5-15(23-2)13(9-11)20-18(22)12-4-6-16-14(10-12)19-17(21)7-8-24-16/h3-6,9-10H,7-8H2,1-2H3,(H,19,21)(H,20,22). The third kappa shape index (κ3) is 3.54. The number of amides is 2. The van der Waals surface area contributed by atoms with Crippen molar-refractivity contribution in [2.45, 2.75) is 18.2 Å². The number of anilines is 2. The van der Waals surface area contributed by atoms with Gasteiger partial charge in [0.2, 0.25) is 5.91 Å². The number of nitrogens with one attached hydrogen (secondary N) is 2. The smallest absolute Gasteiger partial charge is 0.255 e. The summed E-state index contributed by atoms with van der Waals surface area (Å²) in [5.41, 5.74) is 2.82. The Kier molecular flexibility index (Phi) is 4.76. The summed E-state index contributed by atoms with van der Waals surface area (Å²) in [6, 6.07) is 10.9.